The van der Waals surface area contributed by atoms with Crippen LogP contribution in [-0.4, -0.2) is 6.18 Å². The van der Waals surface area contributed by atoms with Gasteiger partial charge in [-0.2, -0.15) is 13.2 Å². The van der Waals surface area contributed by atoms with Gasteiger partial charge in [-0.25, -0.2) is 4.39 Å². The van der Waals surface area contributed by atoms with Crippen LogP contribution in [0.15, 0.2) is 18.2 Å². The van der Waals surface area contributed by atoms with E-state index in [2.05, 4.69) is 0 Å². The topological polar surface area (TPSA) is 0 Å². The molecule has 0 spiro atoms. The van der Waals surface area contributed by atoms with E-state index in [-0.39, 0.29) is 5.56 Å². The Morgan fingerprint density at radius 2 is 1.85 bits per heavy atom. The van der Waals surface area contributed by atoms with E-state index >= 15 is 0 Å². The van der Waals surface area contributed by atoms with Crippen LogP contribution < -0.4 is 0 Å². The predicted molar refractivity (Wildman–Crippen MR) is 40.9 cm³/mol. The molecule has 0 radical (unpaired) electrons. The average molecular weight is 192 g/mol. The standard InChI is InChI=1S/C9H8F4/c1-6-2-3-7(4-8(6)10)5-9(11,12)13/h2-4H,5H2,1H3. The minimum atomic E-state index is -4.28. The molecule has 1 rings (SSSR count). The van der Waals surface area contributed by atoms with Gasteiger partial charge < -0.3 is 0 Å². The highest BCUT2D eigenvalue weighted by molar-refractivity contribution is 5.23. The zero-order chi connectivity index (χ0) is 10.1. The zero-order valence-corrected chi connectivity index (χ0v) is 6.95. The molecule has 4 heteroatoms. The van der Waals surface area contributed by atoms with Crippen molar-refractivity contribution in [3.8, 4) is 0 Å². The van der Waals surface area contributed by atoms with Gasteiger partial charge in [0.1, 0.15) is 5.82 Å². The Bertz CT molecular complexity index is 301. The number of alkyl halides is 3. The lowest BCUT2D eigenvalue weighted by atomic mass is 10.1. The van der Waals surface area contributed by atoms with Crippen LogP contribution in [0, 0.1) is 12.7 Å². The molecular weight excluding hydrogens is 184 g/mol. The fraction of sp³-hybridized carbons (Fsp3) is 0.333. The van der Waals surface area contributed by atoms with Crippen LogP contribution in [0.1, 0.15) is 11.1 Å². The normalized spacial score (nSPS) is 11.8. The molecule has 0 amide bonds. The fourth-order valence-corrected chi connectivity index (χ4v) is 0.978. The molecular formula is C9H8F4. The molecule has 0 atom stereocenters. The minimum absolute atomic E-state index is 0.0457. The number of benzene rings is 1. The second kappa shape index (κ2) is 3.36. The van der Waals surface area contributed by atoms with E-state index in [4.69, 9.17) is 0 Å². The van der Waals surface area contributed by atoms with Crippen molar-refractivity contribution in [3.05, 3.63) is 35.1 Å². The second-order valence-electron chi connectivity index (χ2n) is 2.88. The third-order valence-electron chi connectivity index (χ3n) is 1.64. The number of hydrogen-bond acceptors (Lipinski definition) is 0. The maximum absolute atomic E-state index is 12.8. The third-order valence-corrected chi connectivity index (χ3v) is 1.64. The summed E-state index contributed by atoms with van der Waals surface area (Å²) in [5, 5.41) is 0. The Kier molecular flexibility index (Phi) is 2.59. The highest BCUT2D eigenvalue weighted by atomic mass is 19.4. The first-order valence-electron chi connectivity index (χ1n) is 3.70. The minimum Gasteiger partial charge on any atom is -0.207 e. The van der Waals surface area contributed by atoms with Gasteiger partial charge in [-0.3, -0.25) is 0 Å². The van der Waals surface area contributed by atoms with Crippen molar-refractivity contribution in [3.63, 3.8) is 0 Å². The van der Waals surface area contributed by atoms with Crippen molar-refractivity contribution in [1.82, 2.24) is 0 Å². The lowest BCUT2D eigenvalue weighted by Gasteiger charge is -2.06. The predicted octanol–water partition coefficient (Wildman–Crippen LogP) is 3.24. The summed E-state index contributed by atoms with van der Waals surface area (Å²) in [5.74, 6) is -0.596. The second-order valence-corrected chi connectivity index (χ2v) is 2.88. The zero-order valence-electron chi connectivity index (χ0n) is 6.95. The molecule has 0 unspecified atom stereocenters. The van der Waals surface area contributed by atoms with Crippen LogP contribution in [-0.2, 0) is 6.42 Å². The first kappa shape index (κ1) is 10.0. The van der Waals surface area contributed by atoms with Gasteiger partial charge in [0.05, 0.1) is 6.42 Å². The summed E-state index contributed by atoms with van der Waals surface area (Å²) < 4.78 is 48.3. The van der Waals surface area contributed by atoms with Gasteiger partial charge in [0.25, 0.3) is 0 Å². The van der Waals surface area contributed by atoms with Gasteiger partial charge >= 0.3 is 6.18 Å². The Morgan fingerprint density at radius 3 is 2.31 bits per heavy atom. The molecule has 0 aliphatic rings. The van der Waals surface area contributed by atoms with Crippen molar-refractivity contribution in [2.75, 3.05) is 0 Å². The molecule has 1 aromatic rings. The molecule has 1 aromatic carbocycles. The van der Waals surface area contributed by atoms with Crippen molar-refractivity contribution in [2.24, 2.45) is 0 Å². The molecule has 13 heavy (non-hydrogen) atoms. The lowest BCUT2D eigenvalue weighted by molar-refractivity contribution is -0.127. The Hall–Kier alpha value is -1.06. The molecule has 0 N–H and O–H groups in total. The quantitative estimate of drug-likeness (QED) is 0.599. The van der Waals surface area contributed by atoms with Crippen molar-refractivity contribution >= 4 is 0 Å². The maximum Gasteiger partial charge on any atom is 0.393 e. The summed E-state index contributed by atoms with van der Waals surface area (Å²) in [6.07, 6.45) is -5.36. The third kappa shape index (κ3) is 3.05. The summed E-state index contributed by atoms with van der Waals surface area (Å²) in [4.78, 5) is 0. The van der Waals surface area contributed by atoms with E-state index in [9.17, 15) is 17.6 Å². The van der Waals surface area contributed by atoms with E-state index in [1.165, 1.54) is 19.1 Å². The van der Waals surface area contributed by atoms with E-state index in [0.717, 1.165) is 6.07 Å². The smallest absolute Gasteiger partial charge is 0.207 e. The highest BCUT2D eigenvalue weighted by Gasteiger charge is 2.27. The van der Waals surface area contributed by atoms with E-state index in [1.807, 2.05) is 0 Å². The largest absolute Gasteiger partial charge is 0.393 e. The molecule has 0 aliphatic carbocycles. The van der Waals surface area contributed by atoms with Crippen LogP contribution in [0.4, 0.5) is 17.6 Å². The fourth-order valence-electron chi connectivity index (χ4n) is 0.978. The molecule has 0 bridgehead atoms. The van der Waals surface area contributed by atoms with Gasteiger partial charge in [0.2, 0.25) is 0 Å². The number of halogens is 4. The molecule has 0 aromatic heterocycles. The van der Waals surface area contributed by atoms with Gasteiger partial charge in [0, 0.05) is 0 Å². The SMILES string of the molecule is Cc1ccc(CC(F)(F)F)cc1F. The highest BCUT2D eigenvalue weighted by Crippen LogP contribution is 2.22. The van der Waals surface area contributed by atoms with Crippen molar-refractivity contribution in [2.45, 2.75) is 19.5 Å². The van der Waals surface area contributed by atoms with E-state index in [1.54, 1.807) is 0 Å². The molecule has 0 saturated heterocycles. The summed E-state index contributed by atoms with van der Waals surface area (Å²) >= 11 is 0. The number of hydrogen-bond donors (Lipinski definition) is 0. The molecule has 72 valence electrons. The number of rotatable bonds is 1. The summed E-state index contributed by atoms with van der Waals surface area (Å²) in [5.41, 5.74) is 0.307. The van der Waals surface area contributed by atoms with Gasteiger partial charge in [-0.05, 0) is 24.1 Å². The monoisotopic (exact) mass is 192 g/mol. The Morgan fingerprint density at radius 1 is 1.23 bits per heavy atom. The summed E-state index contributed by atoms with van der Waals surface area (Å²) in [6, 6.07) is 3.55. The molecule has 0 fully saturated rings. The van der Waals surface area contributed by atoms with Crippen LogP contribution in [0.25, 0.3) is 0 Å². The van der Waals surface area contributed by atoms with Gasteiger partial charge in [-0.1, -0.05) is 12.1 Å². The van der Waals surface area contributed by atoms with Crippen LogP contribution in [0.3, 0.4) is 0 Å². The molecule has 0 nitrogen and oxygen atoms in total. The van der Waals surface area contributed by atoms with Crippen LogP contribution in [0.2, 0.25) is 0 Å². The first-order chi connectivity index (χ1) is 5.88. The maximum atomic E-state index is 12.8. The number of aryl methyl sites for hydroxylation is 1. The molecule has 0 saturated carbocycles. The summed E-state index contributed by atoms with van der Waals surface area (Å²) in [7, 11) is 0. The van der Waals surface area contributed by atoms with E-state index < -0.39 is 18.4 Å². The van der Waals surface area contributed by atoms with Crippen molar-refractivity contribution < 1.29 is 17.6 Å². The molecule has 0 aliphatic heterocycles. The first-order valence-corrected chi connectivity index (χ1v) is 3.70. The Labute approximate surface area is 73.2 Å². The van der Waals surface area contributed by atoms with Gasteiger partial charge in [0.15, 0.2) is 0 Å². The van der Waals surface area contributed by atoms with E-state index in [0.29, 0.717) is 5.56 Å². The van der Waals surface area contributed by atoms with Crippen LogP contribution in [0.5, 0.6) is 0 Å². The molecule has 0 heterocycles. The van der Waals surface area contributed by atoms with Gasteiger partial charge in [-0.15, -0.1) is 0 Å². The summed E-state index contributed by atoms with van der Waals surface area (Å²) in [6.45, 7) is 1.51. The average Bonchev–Trinajstić information content (AvgIpc) is 1.94. The Balaban J connectivity index is 2.86. The lowest BCUT2D eigenvalue weighted by Crippen LogP contribution is -2.11. The van der Waals surface area contributed by atoms with Crippen molar-refractivity contribution in [1.29, 1.82) is 0 Å². The van der Waals surface area contributed by atoms with Crippen LogP contribution >= 0.6 is 0 Å².